The standard InChI is InChI=1S/C11H15BrClNO2S/c1-8(2)14(3)17(15,16)11-5-4-9(7-13)6-10(11)12/h4-6,8H,7H2,1-3H3. The van der Waals surface area contributed by atoms with Gasteiger partial charge in [0, 0.05) is 23.4 Å². The molecule has 0 amide bonds. The summed E-state index contributed by atoms with van der Waals surface area (Å²) < 4.78 is 26.4. The van der Waals surface area contributed by atoms with Crippen LogP contribution < -0.4 is 0 Å². The van der Waals surface area contributed by atoms with Crippen molar-refractivity contribution in [3.8, 4) is 0 Å². The Labute approximate surface area is 116 Å². The van der Waals surface area contributed by atoms with E-state index in [1.54, 1.807) is 25.2 Å². The Balaban J connectivity index is 3.25. The van der Waals surface area contributed by atoms with E-state index in [1.807, 2.05) is 13.8 Å². The molecule has 0 aromatic heterocycles. The first kappa shape index (κ1) is 15.0. The fourth-order valence-corrected chi connectivity index (χ4v) is 3.89. The highest BCUT2D eigenvalue weighted by Gasteiger charge is 2.25. The molecule has 0 heterocycles. The van der Waals surface area contributed by atoms with Crippen molar-refractivity contribution in [2.45, 2.75) is 30.7 Å². The molecule has 0 unspecified atom stereocenters. The Morgan fingerprint density at radius 1 is 1.41 bits per heavy atom. The van der Waals surface area contributed by atoms with Gasteiger partial charge in [-0.25, -0.2) is 8.42 Å². The molecule has 0 atom stereocenters. The number of nitrogens with zero attached hydrogens (tertiary/aromatic N) is 1. The number of hydrogen-bond acceptors (Lipinski definition) is 2. The molecule has 0 bridgehead atoms. The molecular formula is C11H15BrClNO2S. The van der Waals surface area contributed by atoms with Crippen LogP contribution in [0.15, 0.2) is 27.6 Å². The maximum absolute atomic E-state index is 12.3. The van der Waals surface area contributed by atoms with E-state index in [0.29, 0.717) is 10.4 Å². The predicted octanol–water partition coefficient (Wildman–Crippen LogP) is 3.22. The van der Waals surface area contributed by atoms with Crippen LogP contribution in [0.25, 0.3) is 0 Å². The maximum Gasteiger partial charge on any atom is 0.244 e. The van der Waals surface area contributed by atoms with Gasteiger partial charge in [0.15, 0.2) is 0 Å². The number of alkyl halides is 1. The van der Waals surface area contributed by atoms with Crippen LogP contribution in [-0.4, -0.2) is 25.8 Å². The lowest BCUT2D eigenvalue weighted by atomic mass is 10.2. The summed E-state index contributed by atoms with van der Waals surface area (Å²) in [5, 5.41) is 0. The lowest BCUT2D eigenvalue weighted by Crippen LogP contribution is -2.33. The van der Waals surface area contributed by atoms with Crippen LogP contribution in [0.4, 0.5) is 0 Å². The van der Waals surface area contributed by atoms with Gasteiger partial charge in [-0.2, -0.15) is 4.31 Å². The van der Waals surface area contributed by atoms with E-state index in [2.05, 4.69) is 15.9 Å². The molecule has 0 radical (unpaired) electrons. The van der Waals surface area contributed by atoms with Crippen LogP contribution in [0, 0.1) is 0 Å². The molecule has 6 heteroatoms. The van der Waals surface area contributed by atoms with Crippen LogP contribution in [-0.2, 0) is 15.9 Å². The minimum Gasteiger partial charge on any atom is -0.207 e. The Bertz CT molecular complexity index is 502. The minimum atomic E-state index is -3.45. The summed E-state index contributed by atoms with van der Waals surface area (Å²) in [5.74, 6) is 0.360. The maximum atomic E-state index is 12.3. The van der Waals surface area contributed by atoms with Gasteiger partial charge in [0.2, 0.25) is 10.0 Å². The Morgan fingerprint density at radius 2 is 2.00 bits per heavy atom. The Kier molecular flexibility index (Phi) is 5.01. The Morgan fingerprint density at radius 3 is 2.41 bits per heavy atom. The third-order valence-electron chi connectivity index (χ3n) is 2.53. The molecule has 0 spiro atoms. The van der Waals surface area contributed by atoms with Crippen molar-refractivity contribution in [3.63, 3.8) is 0 Å². The first-order valence-corrected chi connectivity index (χ1v) is 7.90. The highest BCUT2D eigenvalue weighted by Crippen LogP contribution is 2.27. The lowest BCUT2D eigenvalue weighted by molar-refractivity contribution is 0.410. The van der Waals surface area contributed by atoms with Crippen molar-refractivity contribution in [3.05, 3.63) is 28.2 Å². The van der Waals surface area contributed by atoms with Gasteiger partial charge >= 0.3 is 0 Å². The average molecular weight is 341 g/mol. The summed E-state index contributed by atoms with van der Waals surface area (Å²) in [6.45, 7) is 3.66. The van der Waals surface area contributed by atoms with Gasteiger partial charge in [-0.3, -0.25) is 0 Å². The molecule has 96 valence electrons. The van der Waals surface area contributed by atoms with Gasteiger partial charge < -0.3 is 0 Å². The van der Waals surface area contributed by atoms with Crippen LogP contribution in [0.2, 0.25) is 0 Å². The molecule has 0 aliphatic rings. The molecule has 3 nitrogen and oxygen atoms in total. The molecule has 0 N–H and O–H groups in total. The van der Waals surface area contributed by atoms with Crippen LogP contribution in [0.1, 0.15) is 19.4 Å². The molecule has 0 saturated carbocycles. The van der Waals surface area contributed by atoms with Crippen LogP contribution in [0.3, 0.4) is 0 Å². The zero-order valence-corrected chi connectivity index (χ0v) is 13.1. The molecule has 0 aliphatic heterocycles. The van der Waals surface area contributed by atoms with Crippen molar-refractivity contribution in [1.82, 2.24) is 4.31 Å². The normalized spacial score (nSPS) is 12.4. The largest absolute Gasteiger partial charge is 0.244 e. The number of benzene rings is 1. The van der Waals surface area contributed by atoms with Crippen LogP contribution >= 0.6 is 27.5 Å². The van der Waals surface area contributed by atoms with E-state index in [0.717, 1.165) is 5.56 Å². The monoisotopic (exact) mass is 339 g/mol. The topological polar surface area (TPSA) is 37.4 Å². The SMILES string of the molecule is CC(C)N(C)S(=O)(=O)c1ccc(CCl)cc1Br. The third-order valence-corrected chi connectivity index (χ3v) is 5.85. The first-order chi connectivity index (χ1) is 7.80. The highest BCUT2D eigenvalue weighted by atomic mass is 79.9. The van der Waals surface area contributed by atoms with E-state index in [4.69, 9.17) is 11.6 Å². The fourth-order valence-electron chi connectivity index (χ4n) is 1.27. The van der Waals surface area contributed by atoms with Gasteiger partial charge in [0.1, 0.15) is 0 Å². The summed E-state index contributed by atoms with van der Waals surface area (Å²) in [7, 11) is -1.88. The average Bonchev–Trinajstić information content (AvgIpc) is 2.27. The van der Waals surface area contributed by atoms with E-state index in [-0.39, 0.29) is 10.9 Å². The second kappa shape index (κ2) is 5.69. The van der Waals surface area contributed by atoms with Gasteiger partial charge in [0.25, 0.3) is 0 Å². The lowest BCUT2D eigenvalue weighted by Gasteiger charge is -2.21. The molecule has 0 aliphatic carbocycles. The number of rotatable bonds is 4. The molecule has 1 aromatic carbocycles. The second-order valence-corrected chi connectivity index (χ2v) is 7.10. The fraction of sp³-hybridized carbons (Fsp3) is 0.455. The Hall–Kier alpha value is -0.100. The summed E-state index contributed by atoms with van der Waals surface area (Å²) in [5.41, 5.74) is 0.879. The van der Waals surface area contributed by atoms with Crippen molar-refractivity contribution in [2.75, 3.05) is 7.05 Å². The zero-order chi connectivity index (χ0) is 13.2. The van der Waals surface area contributed by atoms with Crippen molar-refractivity contribution in [1.29, 1.82) is 0 Å². The van der Waals surface area contributed by atoms with E-state index >= 15 is 0 Å². The summed E-state index contributed by atoms with van der Waals surface area (Å²) in [6, 6.07) is 4.95. The smallest absolute Gasteiger partial charge is 0.207 e. The minimum absolute atomic E-state index is 0.0837. The number of halogens is 2. The quantitative estimate of drug-likeness (QED) is 0.789. The molecule has 0 saturated heterocycles. The van der Waals surface area contributed by atoms with Gasteiger partial charge in [-0.15, -0.1) is 11.6 Å². The third kappa shape index (κ3) is 3.22. The van der Waals surface area contributed by atoms with Gasteiger partial charge in [0.05, 0.1) is 4.90 Å². The van der Waals surface area contributed by atoms with E-state index in [9.17, 15) is 8.42 Å². The van der Waals surface area contributed by atoms with E-state index < -0.39 is 10.0 Å². The van der Waals surface area contributed by atoms with Gasteiger partial charge in [-0.05, 0) is 47.5 Å². The van der Waals surface area contributed by atoms with Crippen molar-refractivity contribution < 1.29 is 8.42 Å². The van der Waals surface area contributed by atoms with Crippen LogP contribution in [0.5, 0.6) is 0 Å². The summed E-state index contributed by atoms with van der Waals surface area (Å²) in [4.78, 5) is 0.266. The number of sulfonamides is 1. The number of hydrogen-bond donors (Lipinski definition) is 0. The molecule has 17 heavy (non-hydrogen) atoms. The summed E-state index contributed by atoms with van der Waals surface area (Å²) in [6.07, 6.45) is 0. The van der Waals surface area contributed by atoms with Crippen molar-refractivity contribution in [2.24, 2.45) is 0 Å². The first-order valence-electron chi connectivity index (χ1n) is 5.13. The molecule has 0 fully saturated rings. The van der Waals surface area contributed by atoms with Crippen molar-refractivity contribution >= 4 is 37.6 Å². The predicted molar refractivity (Wildman–Crippen MR) is 73.8 cm³/mol. The van der Waals surface area contributed by atoms with E-state index in [1.165, 1.54) is 4.31 Å². The highest BCUT2D eigenvalue weighted by molar-refractivity contribution is 9.10. The second-order valence-electron chi connectivity index (χ2n) is 4.01. The zero-order valence-electron chi connectivity index (χ0n) is 9.94. The molecule has 1 aromatic rings. The summed E-state index contributed by atoms with van der Waals surface area (Å²) >= 11 is 8.97. The van der Waals surface area contributed by atoms with Gasteiger partial charge in [-0.1, -0.05) is 6.07 Å². The molecule has 1 rings (SSSR count). The molecular weight excluding hydrogens is 326 g/mol.